The van der Waals surface area contributed by atoms with E-state index in [1.54, 1.807) is 0 Å². The monoisotopic (exact) mass is 203 g/mol. The molecule has 0 N–H and O–H groups in total. The number of ketones is 1. The Kier molecular flexibility index (Phi) is 3.05. The van der Waals surface area contributed by atoms with E-state index in [2.05, 4.69) is 17.3 Å². The Hall–Kier alpha value is -1.31. The Balaban J connectivity index is 2.08. The highest BCUT2D eigenvalue weighted by molar-refractivity contribution is 5.98. The van der Waals surface area contributed by atoms with E-state index in [0.717, 1.165) is 44.2 Å². The van der Waals surface area contributed by atoms with Crippen molar-refractivity contribution in [3.63, 3.8) is 0 Å². The third kappa shape index (κ3) is 2.20. The van der Waals surface area contributed by atoms with Crippen LogP contribution < -0.4 is 0 Å². The van der Waals surface area contributed by atoms with Gasteiger partial charge in [0.05, 0.1) is 0 Å². The molecular formula is C13H17NO. The van der Waals surface area contributed by atoms with Crippen LogP contribution in [0.4, 0.5) is 0 Å². The van der Waals surface area contributed by atoms with Gasteiger partial charge in [0.25, 0.3) is 0 Å². The number of fused-ring (bicyclic) bond motifs is 1. The van der Waals surface area contributed by atoms with Crippen LogP contribution >= 0.6 is 0 Å². The van der Waals surface area contributed by atoms with Gasteiger partial charge in [0.1, 0.15) is 0 Å². The van der Waals surface area contributed by atoms with E-state index in [4.69, 9.17) is 0 Å². The Morgan fingerprint density at radius 2 is 2.27 bits per heavy atom. The predicted octanol–water partition coefficient (Wildman–Crippen LogP) is 2.97. The van der Waals surface area contributed by atoms with Gasteiger partial charge < -0.3 is 4.57 Å². The van der Waals surface area contributed by atoms with Gasteiger partial charge in [0.2, 0.25) is 0 Å². The van der Waals surface area contributed by atoms with E-state index in [9.17, 15) is 4.79 Å². The molecule has 15 heavy (non-hydrogen) atoms. The standard InChI is InChI=1S/C13H17NO/c1-2-3-4-8-14-9-11-6-5-7-13(15)12(11)10-14/h2,9-10H,1,3-8H2. The van der Waals surface area contributed by atoms with Crippen LogP contribution in [0.25, 0.3) is 0 Å². The fourth-order valence-electron chi connectivity index (χ4n) is 2.13. The minimum atomic E-state index is 0.318. The lowest BCUT2D eigenvalue weighted by Crippen LogP contribution is -2.07. The number of aromatic nitrogens is 1. The first kappa shape index (κ1) is 10.2. The number of unbranched alkanes of at least 4 members (excludes halogenated alkanes) is 1. The van der Waals surface area contributed by atoms with E-state index in [0.29, 0.717) is 5.78 Å². The van der Waals surface area contributed by atoms with E-state index >= 15 is 0 Å². The number of allylic oxidation sites excluding steroid dienone is 1. The number of hydrogen-bond donors (Lipinski definition) is 0. The second-order valence-electron chi connectivity index (χ2n) is 4.14. The molecular weight excluding hydrogens is 186 g/mol. The van der Waals surface area contributed by atoms with Gasteiger partial charge in [0.15, 0.2) is 5.78 Å². The molecule has 1 aromatic rings. The van der Waals surface area contributed by atoms with Crippen molar-refractivity contribution in [2.75, 3.05) is 0 Å². The maximum absolute atomic E-state index is 11.6. The zero-order valence-corrected chi connectivity index (χ0v) is 9.04. The molecule has 0 fully saturated rings. The van der Waals surface area contributed by atoms with E-state index < -0.39 is 0 Å². The second-order valence-corrected chi connectivity index (χ2v) is 4.14. The van der Waals surface area contributed by atoms with Crippen molar-refractivity contribution < 1.29 is 4.79 Å². The normalized spacial score (nSPS) is 15.1. The first-order valence-corrected chi connectivity index (χ1v) is 5.64. The highest BCUT2D eigenvalue weighted by atomic mass is 16.1. The highest BCUT2D eigenvalue weighted by Gasteiger charge is 2.18. The number of aryl methyl sites for hydroxylation is 2. The van der Waals surface area contributed by atoms with Gasteiger partial charge in [-0.15, -0.1) is 6.58 Å². The summed E-state index contributed by atoms with van der Waals surface area (Å²) >= 11 is 0. The lowest BCUT2D eigenvalue weighted by atomic mass is 9.95. The van der Waals surface area contributed by atoms with Crippen LogP contribution in [0.15, 0.2) is 25.0 Å². The Labute approximate surface area is 90.6 Å². The van der Waals surface area contributed by atoms with Crippen molar-refractivity contribution in [2.45, 2.75) is 38.6 Å². The third-order valence-corrected chi connectivity index (χ3v) is 2.94. The van der Waals surface area contributed by atoms with Crippen LogP contribution in [0.2, 0.25) is 0 Å². The zero-order valence-electron chi connectivity index (χ0n) is 9.04. The van der Waals surface area contributed by atoms with Gasteiger partial charge in [-0.2, -0.15) is 0 Å². The first-order chi connectivity index (χ1) is 7.31. The average Bonchev–Trinajstić information content (AvgIpc) is 2.63. The number of nitrogens with zero attached hydrogens (tertiary/aromatic N) is 1. The van der Waals surface area contributed by atoms with Crippen LogP contribution in [0, 0.1) is 0 Å². The lowest BCUT2D eigenvalue weighted by Gasteiger charge is -2.07. The molecule has 0 spiro atoms. The SMILES string of the molecule is C=CCCCn1cc2c(c1)C(=O)CCC2. The number of carbonyl (C=O) groups is 1. The highest BCUT2D eigenvalue weighted by Crippen LogP contribution is 2.22. The first-order valence-electron chi connectivity index (χ1n) is 5.64. The smallest absolute Gasteiger partial charge is 0.164 e. The summed E-state index contributed by atoms with van der Waals surface area (Å²) in [6, 6.07) is 0. The van der Waals surface area contributed by atoms with Crippen molar-refractivity contribution in [1.29, 1.82) is 0 Å². The second kappa shape index (κ2) is 4.47. The molecule has 1 aliphatic carbocycles. The minimum Gasteiger partial charge on any atom is -0.353 e. The maximum Gasteiger partial charge on any atom is 0.164 e. The van der Waals surface area contributed by atoms with Crippen molar-refractivity contribution >= 4 is 5.78 Å². The van der Waals surface area contributed by atoms with Crippen molar-refractivity contribution in [1.82, 2.24) is 4.57 Å². The van der Waals surface area contributed by atoms with Gasteiger partial charge in [-0.1, -0.05) is 6.08 Å². The van der Waals surface area contributed by atoms with E-state index in [1.807, 2.05) is 12.3 Å². The molecule has 2 nitrogen and oxygen atoms in total. The van der Waals surface area contributed by atoms with Gasteiger partial charge in [-0.3, -0.25) is 4.79 Å². The molecule has 0 aliphatic heterocycles. The van der Waals surface area contributed by atoms with Crippen LogP contribution in [0.1, 0.15) is 41.6 Å². The predicted molar refractivity (Wildman–Crippen MR) is 61.1 cm³/mol. The summed E-state index contributed by atoms with van der Waals surface area (Å²) in [4.78, 5) is 11.6. The molecule has 2 rings (SSSR count). The van der Waals surface area contributed by atoms with Gasteiger partial charge in [0, 0.05) is 30.9 Å². The number of hydrogen-bond acceptors (Lipinski definition) is 1. The molecule has 1 aliphatic rings. The van der Waals surface area contributed by atoms with Gasteiger partial charge >= 0.3 is 0 Å². The molecule has 80 valence electrons. The summed E-state index contributed by atoms with van der Waals surface area (Å²) < 4.78 is 2.15. The zero-order chi connectivity index (χ0) is 10.7. The summed E-state index contributed by atoms with van der Waals surface area (Å²) in [7, 11) is 0. The Morgan fingerprint density at radius 3 is 3.00 bits per heavy atom. The number of rotatable bonds is 4. The third-order valence-electron chi connectivity index (χ3n) is 2.94. The molecule has 0 saturated carbocycles. The summed E-state index contributed by atoms with van der Waals surface area (Å²) in [5.41, 5.74) is 2.20. The summed E-state index contributed by atoms with van der Waals surface area (Å²) in [5.74, 6) is 0.318. The van der Waals surface area contributed by atoms with E-state index in [-0.39, 0.29) is 0 Å². The van der Waals surface area contributed by atoms with Crippen LogP contribution in [-0.4, -0.2) is 10.4 Å². The number of Topliss-reactive ketones (excluding diaryl/α,β-unsaturated/α-hetero) is 1. The molecule has 0 atom stereocenters. The summed E-state index contributed by atoms with van der Waals surface area (Å²) in [5, 5.41) is 0. The quantitative estimate of drug-likeness (QED) is 0.544. The van der Waals surface area contributed by atoms with Crippen LogP contribution in [0.3, 0.4) is 0 Å². The van der Waals surface area contributed by atoms with Gasteiger partial charge in [-0.05, 0) is 31.2 Å². The molecule has 0 amide bonds. The Morgan fingerprint density at radius 1 is 1.40 bits per heavy atom. The van der Waals surface area contributed by atoms with Crippen molar-refractivity contribution in [3.05, 3.63) is 36.2 Å². The minimum absolute atomic E-state index is 0.318. The number of carbonyl (C=O) groups excluding carboxylic acids is 1. The average molecular weight is 203 g/mol. The molecule has 1 aromatic heterocycles. The van der Waals surface area contributed by atoms with E-state index in [1.165, 1.54) is 5.56 Å². The molecule has 0 radical (unpaired) electrons. The molecule has 0 unspecified atom stereocenters. The fraction of sp³-hybridized carbons (Fsp3) is 0.462. The molecule has 0 aromatic carbocycles. The molecule has 0 saturated heterocycles. The van der Waals surface area contributed by atoms with Crippen LogP contribution in [-0.2, 0) is 13.0 Å². The Bertz CT molecular complexity index is 376. The van der Waals surface area contributed by atoms with Crippen LogP contribution in [0.5, 0.6) is 0 Å². The summed E-state index contributed by atoms with van der Waals surface area (Å²) in [6.07, 6.45) is 11.0. The molecule has 2 heteroatoms. The lowest BCUT2D eigenvalue weighted by molar-refractivity contribution is 0.0973. The fourth-order valence-corrected chi connectivity index (χ4v) is 2.13. The largest absolute Gasteiger partial charge is 0.353 e. The molecule has 0 bridgehead atoms. The van der Waals surface area contributed by atoms with Crippen molar-refractivity contribution in [3.8, 4) is 0 Å². The maximum atomic E-state index is 11.6. The van der Waals surface area contributed by atoms with Gasteiger partial charge in [-0.25, -0.2) is 0 Å². The topological polar surface area (TPSA) is 22.0 Å². The molecule has 1 heterocycles. The van der Waals surface area contributed by atoms with Crippen molar-refractivity contribution in [2.24, 2.45) is 0 Å². The summed E-state index contributed by atoms with van der Waals surface area (Å²) in [6.45, 7) is 4.70.